The van der Waals surface area contributed by atoms with Gasteiger partial charge in [-0.2, -0.15) is 0 Å². The Morgan fingerprint density at radius 2 is 1.41 bits per heavy atom. The Bertz CT molecular complexity index is 595. The zero-order chi connectivity index (χ0) is 20.9. The smallest absolute Gasteiger partial charge is 0.359 e. The molecular weight excluding hydrogens is 498 g/mol. The van der Waals surface area contributed by atoms with E-state index in [1.165, 1.54) is 6.92 Å². The zero-order valence-electron chi connectivity index (χ0n) is 14.3. The third kappa shape index (κ3) is 7.61. The quantitative estimate of drug-likeness (QED) is 0.308. The highest BCUT2D eigenvalue weighted by Crippen LogP contribution is 2.35. The maximum atomic E-state index is 11.9. The van der Waals surface area contributed by atoms with Crippen LogP contribution in [-0.4, -0.2) is 63.7 Å². The van der Waals surface area contributed by atoms with E-state index >= 15 is 0 Å². The lowest BCUT2D eigenvalue weighted by molar-refractivity contribution is -0.236. The Kier molecular flexibility index (Phi) is 9.07. The number of carbonyl (C=O) groups excluding carboxylic acids is 4. The largest absolute Gasteiger partial charge is 0.463 e. The Balaban J connectivity index is 3.18. The molecule has 0 radical (unpaired) electrons. The molecule has 27 heavy (non-hydrogen) atoms. The fraction of sp³-hybridized carbons (Fsp3) is 0.714. The minimum absolute atomic E-state index is 0.321. The predicted octanol–water partition coefficient (Wildman–Crippen LogP) is 1.81. The van der Waals surface area contributed by atoms with Crippen LogP contribution >= 0.6 is 50.7 Å². The summed E-state index contributed by atoms with van der Waals surface area (Å²) in [5.41, 5.74) is 0. The van der Waals surface area contributed by atoms with Gasteiger partial charge in [-0.05, 0) is 0 Å². The predicted molar refractivity (Wildman–Crippen MR) is 95.5 cm³/mol. The summed E-state index contributed by atoms with van der Waals surface area (Å²) in [7, 11) is 0. The SMILES string of the molecule is CC(=O)OC[C@H]1O[C@H](Br)[C@H](OC(=O)C(Cl)(Cl)Cl)[C@@H](OC(C)=O)[C@H]1OC(C)=O. The van der Waals surface area contributed by atoms with Crippen LogP contribution in [0.1, 0.15) is 20.8 Å². The molecule has 1 rings (SSSR count). The van der Waals surface area contributed by atoms with E-state index in [4.69, 9.17) is 58.5 Å². The topological polar surface area (TPSA) is 114 Å². The molecule has 0 aromatic carbocycles. The Labute approximate surface area is 177 Å². The summed E-state index contributed by atoms with van der Waals surface area (Å²) in [6.07, 6.45) is -4.97. The second-order valence-electron chi connectivity index (χ2n) is 5.34. The Morgan fingerprint density at radius 1 is 0.889 bits per heavy atom. The maximum Gasteiger partial charge on any atom is 0.359 e. The van der Waals surface area contributed by atoms with Crippen LogP contribution < -0.4 is 0 Å². The van der Waals surface area contributed by atoms with Crippen molar-refractivity contribution in [3.63, 3.8) is 0 Å². The van der Waals surface area contributed by atoms with E-state index in [2.05, 4.69) is 15.9 Å². The molecule has 13 heteroatoms. The molecule has 0 aromatic rings. The van der Waals surface area contributed by atoms with Crippen LogP contribution in [0.15, 0.2) is 0 Å². The normalized spacial score (nSPS) is 28.0. The van der Waals surface area contributed by atoms with Crippen LogP contribution in [0.3, 0.4) is 0 Å². The van der Waals surface area contributed by atoms with Crippen LogP contribution in [0.5, 0.6) is 0 Å². The van der Waals surface area contributed by atoms with Crippen LogP contribution in [0.4, 0.5) is 0 Å². The van der Waals surface area contributed by atoms with Crippen molar-refractivity contribution in [1.29, 1.82) is 0 Å². The second kappa shape index (κ2) is 10.1. The van der Waals surface area contributed by atoms with Gasteiger partial charge in [-0.1, -0.05) is 50.7 Å². The van der Waals surface area contributed by atoms with Crippen LogP contribution in [-0.2, 0) is 42.9 Å². The molecule has 0 saturated carbocycles. The summed E-state index contributed by atoms with van der Waals surface area (Å²) in [4.78, 5) is 46.0. The van der Waals surface area contributed by atoms with Crippen molar-refractivity contribution in [3.8, 4) is 0 Å². The zero-order valence-corrected chi connectivity index (χ0v) is 18.1. The van der Waals surface area contributed by atoms with Gasteiger partial charge in [0.15, 0.2) is 23.3 Å². The molecule has 1 fully saturated rings. The standard InChI is InChI=1S/C14H16BrCl3O9/c1-5(19)23-4-8-9(24-6(2)20)10(25-7(3)21)11(12(15)26-8)27-13(22)14(16,17)18/h8-12H,4H2,1-3H3/t8-,9+,10+,11-,12+/m1/s1. The Morgan fingerprint density at radius 3 is 1.85 bits per heavy atom. The maximum absolute atomic E-state index is 11.9. The lowest BCUT2D eigenvalue weighted by Crippen LogP contribution is -2.61. The van der Waals surface area contributed by atoms with E-state index in [0.29, 0.717) is 0 Å². The first-order chi connectivity index (χ1) is 12.3. The number of alkyl halides is 4. The molecular formula is C14H16BrCl3O9. The third-order valence-corrected chi connectivity index (χ3v) is 4.31. The number of esters is 4. The number of halogens is 4. The number of hydrogen-bond acceptors (Lipinski definition) is 9. The van der Waals surface area contributed by atoms with E-state index in [0.717, 1.165) is 13.8 Å². The molecule has 0 aromatic heterocycles. The lowest BCUT2D eigenvalue weighted by atomic mass is 9.99. The van der Waals surface area contributed by atoms with Crippen molar-refractivity contribution in [2.24, 2.45) is 0 Å². The average molecular weight is 515 g/mol. The molecule has 1 heterocycles. The van der Waals surface area contributed by atoms with Gasteiger partial charge in [-0.25, -0.2) is 4.79 Å². The number of ether oxygens (including phenoxy) is 5. The van der Waals surface area contributed by atoms with Gasteiger partial charge in [0.1, 0.15) is 12.7 Å². The van der Waals surface area contributed by atoms with Gasteiger partial charge >= 0.3 is 23.9 Å². The van der Waals surface area contributed by atoms with Crippen molar-refractivity contribution in [2.45, 2.75) is 54.0 Å². The summed E-state index contributed by atoms with van der Waals surface area (Å²) in [6.45, 7) is 3.05. The molecule has 0 unspecified atom stereocenters. The monoisotopic (exact) mass is 512 g/mol. The molecule has 5 atom stereocenters. The number of rotatable bonds is 5. The van der Waals surface area contributed by atoms with Crippen molar-refractivity contribution in [1.82, 2.24) is 0 Å². The van der Waals surface area contributed by atoms with Gasteiger partial charge < -0.3 is 23.7 Å². The summed E-state index contributed by atoms with van der Waals surface area (Å²) in [5, 5.41) is -1.06. The first-order valence-corrected chi connectivity index (χ1v) is 9.43. The summed E-state index contributed by atoms with van der Waals surface area (Å²) >= 11 is 19.6. The minimum atomic E-state index is -2.40. The van der Waals surface area contributed by atoms with Crippen LogP contribution in [0.25, 0.3) is 0 Å². The molecule has 0 N–H and O–H groups in total. The highest BCUT2D eigenvalue weighted by molar-refractivity contribution is 9.09. The van der Waals surface area contributed by atoms with Crippen molar-refractivity contribution in [3.05, 3.63) is 0 Å². The molecule has 1 aliphatic heterocycles. The molecule has 9 nitrogen and oxygen atoms in total. The number of carbonyl (C=O) groups is 4. The molecule has 0 amide bonds. The summed E-state index contributed by atoms with van der Waals surface area (Å²) in [5.74, 6) is -3.38. The van der Waals surface area contributed by atoms with Gasteiger partial charge in [0.25, 0.3) is 3.79 Å². The number of hydrogen-bond donors (Lipinski definition) is 0. The Hall–Kier alpha value is -0.810. The van der Waals surface area contributed by atoms with E-state index in [-0.39, 0.29) is 6.61 Å². The van der Waals surface area contributed by atoms with Crippen molar-refractivity contribution >= 4 is 74.6 Å². The molecule has 0 spiro atoms. The van der Waals surface area contributed by atoms with Gasteiger partial charge in [-0.3, -0.25) is 14.4 Å². The van der Waals surface area contributed by atoms with Crippen molar-refractivity contribution < 1.29 is 42.9 Å². The van der Waals surface area contributed by atoms with E-state index in [1.54, 1.807) is 0 Å². The summed E-state index contributed by atoms with van der Waals surface area (Å²) in [6, 6.07) is 0. The van der Waals surface area contributed by atoms with E-state index in [9.17, 15) is 19.2 Å². The average Bonchev–Trinajstić information content (AvgIpc) is 2.49. The first kappa shape index (κ1) is 24.2. The fourth-order valence-electron chi connectivity index (χ4n) is 2.17. The molecule has 0 bridgehead atoms. The first-order valence-electron chi connectivity index (χ1n) is 7.38. The minimum Gasteiger partial charge on any atom is -0.463 e. The molecule has 0 aliphatic carbocycles. The molecule has 1 saturated heterocycles. The van der Waals surface area contributed by atoms with E-state index in [1.807, 2.05) is 0 Å². The van der Waals surface area contributed by atoms with Gasteiger partial charge in [0.05, 0.1) is 0 Å². The van der Waals surface area contributed by atoms with Gasteiger partial charge in [-0.15, -0.1) is 0 Å². The highest BCUT2D eigenvalue weighted by atomic mass is 79.9. The van der Waals surface area contributed by atoms with Crippen molar-refractivity contribution in [2.75, 3.05) is 6.61 Å². The summed E-state index contributed by atoms with van der Waals surface area (Å²) < 4.78 is 23.4. The third-order valence-electron chi connectivity index (χ3n) is 3.11. The van der Waals surface area contributed by atoms with Crippen LogP contribution in [0, 0.1) is 0 Å². The second-order valence-corrected chi connectivity index (χ2v) is 8.53. The highest BCUT2D eigenvalue weighted by Gasteiger charge is 2.52. The van der Waals surface area contributed by atoms with Gasteiger partial charge in [0.2, 0.25) is 0 Å². The molecule has 154 valence electrons. The molecule has 1 aliphatic rings. The lowest BCUT2D eigenvalue weighted by Gasteiger charge is -2.43. The fourth-order valence-corrected chi connectivity index (χ4v) is 2.99. The van der Waals surface area contributed by atoms with Crippen LogP contribution in [0.2, 0.25) is 0 Å². The van der Waals surface area contributed by atoms with Gasteiger partial charge in [0, 0.05) is 20.8 Å². The van der Waals surface area contributed by atoms with E-state index < -0.39 is 57.1 Å².